The first-order valence-electron chi connectivity index (χ1n) is 8.35. The third-order valence-electron chi connectivity index (χ3n) is 4.42. The van der Waals surface area contributed by atoms with Crippen molar-refractivity contribution in [3.05, 3.63) is 12.2 Å². The molecule has 1 fully saturated rings. The highest BCUT2D eigenvalue weighted by atomic mass is 16.2. The fourth-order valence-electron chi connectivity index (χ4n) is 3.09. The molecule has 1 amide bonds. The second kappa shape index (κ2) is 7.85. The Bertz CT molecular complexity index is 334. The average molecular weight is 279 g/mol. The van der Waals surface area contributed by atoms with E-state index in [1.165, 1.54) is 19.3 Å². The zero-order valence-electron chi connectivity index (χ0n) is 14.1. The highest BCUT2D eigenvalue weighted by Crippen LogP contribution is 2.55. The highest BCUT2D eigenvalue weighted by molar-refractivity contribution is 5.75. The summed E-state index contributed by atoms with van der Waals surface area (Å²) < 4.78 is 0. The van der Waals surface area contributed by atoms with E-state index in [0.717, 1.165) is 25.4 Å². The Labute approximate surface area is 125 Å². The van der Waals surface area contributed by atoms with Gasteiger partial charge in [-0.3, -0.25) is 4.79 Å². The second-order valence-corrected chi connectivity index (χ2v) is 7.03. The normalized spacial score (nSPS) is 25.4. The summed E-state index contributed by atoms with van der Waals surface area (Å²) in [6, 6.07) is 0. The molecule has 0 N–H and O–H groups in total. The van der Waals surface area contributed by atoms with Crippen molar-refractivity contribution in [2.45, 2.75) is 66.7 Å². The minimum atomic E-state index is 0.316. The molecule has 1 aliphatic rings. The van der Waals surface area contributed by atoms with E-state index in [1.807, 2.05) is 6.92 Å². The first kappa shape index (κ1) is 17.3. The van der Waals surface area contributed by atoms with Gasteiger partial charge in [0.25, 0.3) is 0 Å². The van der Waals surface area contributed by atoms with E-state index in [-0.39, 0.29) is 0 Å². The van der Waals surface area contributed by atoms with E-state index < -0.39 is 0 Å². The molecule has 0 aromatic rings. The van der Waals surface area contributed by atoms with Crippen LogP contribution in [0.25, 0.3) is 0 Å². The number of rotatable bonds is 9. The summed E-state index contributed by atoms with van der Waals surface area (Å²) in [5.41, 5.74) is 0.375. The minimum absolute atomic E-state index is 0.316. The van der Waals surface area contributed by atoms with Crippen LogP contribution in [-0.4, -0.2) is 23.9 Å². The van der Waals surface area contributed by atoms with Crippen molar-refractivity contribution in [1.82, 2.24) is 4.90 Å². The van der Waals surface area contributed by atoms with E-state index >= 15 is 0 Å². The second-order valence-electron chi connectivity index (χ2n) is 7.03. The number of carbonyl (C=O) groups is 1. The van der Waals surface area contributed by atoms with Crippen LogP contribution < -0.4 is 0 Å². The Balaban J connectivity index is 2.44. The number of amides is 1. The molecule has 1 rings (SSSR count). The van der Waals surface area contributed by atoms with Crippen molar-refractivity contribution in [1.29, 1.82) is 0 Å². The molecule has 2 atom stereocenters. The van der Waals surface area contributed by atoms with Crippen molar-refractivity contribution >= 4 is 5.91 Å². The summed E-state index contributed by atoms with van der Waals surface area (Å²) >= 11 is 0. The molecule has 0 heterocycles. The Hall–Kier alpha value is -0.790. The summed E-state index contributed by atoms with van der Waals surface area (Å²) in [4.78, 5) is 14.2. The Morgan fingerprint density at radius 1 is 1.35 bits per heavy atom. The lowest BCUT2D eigenvalue weighted by molar-refractivity contribution is -0.132. The fourth-order valence-corrected chi connectivity index (χ4v) is 3.09. The molecule has 1 aliphatic carbocycles. The molecule has 20 heavy (non-hydrogen) atoms. The molecule has 0 spiro atoms. The number of nitrogens with zero attached hydrogens (tertiary/aromatic N) is 1. The lowest BCUT2D eigenvalue weighted by atomic mass is 10.0. The SMILES string of the molecule is CC/C=C\CCC1CC1(C)CN(CC(C)C)C(=O)CC. The summed E-state index contributed by atoms with van der Waals surface area (Å²) in [7, 11) is 0. The van der Waals surface area contributed by atoms with Crippen LogP contribution in [0.4, 0.5) is 0 Å². The standard InChI is InChI=1S/C18H33NO/c1-6-8-9-10-11-16-12-18(16,5)14-19(13-15(3)4)17(20)7-2/h8-9,15-16H,6-7,10-14H2,1-5H3/b9-8-. The van der Waals surface area contributed by atoms with Gasteiger partial charge in [0, 0.05) is 19.5 Å². The van der Waals surface area contributed by atoms with E-state index in [4.69, 9.17) is 0 Å². The number of hydrogen-bond donors (Lipinski definition) is 0. The topological polar surface area (TPSA) is 20.3 Å². The van der Waals surface area contributed by atoms with Gasteiger partial charge in [-0.05, 0) is 42.9 Å². The van der Waals surface area contributed by atoms with Gasteiger partial charge in [-0.25, -0.2) is 0 Å². The maximum Gasteiger partial charge on any atom is 0.222 e. The molecule has 2 unspecified atom stereocenters. The predicted octanol–water partition coefficient (Wildman–Crippen LogP) is 4.65. The van der Waals surface area contributed by atoms with Crippen molar-refractivity contribution in [2.24, 2.45) is 17.3 Å². The van der Waals surface area contributed by atoms with Gasteiger partial charge >= 0.3 is 0 Å². The molecule has 0 radical (unpaired) electrons. The number of carbonyl (C=O) groups excluding carboxylic acids is 1. The maximum atomic E-state index is 12.1. The molecule has 0 aromatic carbocycles. The van der Waals surface area contributed by atoms with E-state index in [2.05, 4.69) is 44.7 Å². The molecule has 0 aliphatic heterocycles. The predicted molar refractivity (Wildman–Crippen MR) is 86.6 cm³/mol. The van der Waals surface area contributed by atoms with E-state index in [0.29, 0.717) is 23.7 Å². The quantitative estimate of drug-likeness (QED) is 0.562. The van der Waals surface area contributed by atoms with Crippen LogP contribution in [0.1, 0.15) is 66.7 Å². The molecule has 116 valence electrons. The third-order valence-corrected chi connectivity index (χ3v) is 4.42. The van der Waals surface area contributed by atoms with Crippen LogP contribution in [0.3, 0.4) is 0 Å². The van der Waals surface area contributed by atoms with Crippen LogP contribution in [0, 0.1) is 17.3 Å². The van der Waals surface area contributed by atoms with Gasteiger partial charge < -0.3 is 4.90 Å². The Morgan fingerprint density at radius 3 is 2.60 bits per heavy atom. The minimum Gasteiger partial charge on any atom is -0.342 e. The van der Waals surface area contributed by atoms with Crippen LogP contribution in [0.5, 0.6) is 0 Å². The van der Waals surface area contributed by atoms with Crippen molar-refractivity contribution in [2.75, 3.05) is 13.1 Å². The number of hydrogen-bond acceptors (Lipinski definition) is 1. The van der Waals surface area contributed by atoms with Gasteiger partial charge in [0.05, 0.1) is 0 Å². The maximum absolute atomic E-state index is 12.1. The van der Waals surface area contributed by atoms with Gasteiger partial charge in [0.2, 0.25) is 5.91 Å². The molecule has 2 heteroatoms. The first-order valence-corrected chi connectivity index (χ1v) is 8.35. The van der Waals surface area contributed by atoms with Gasteiger partial charge in [-0.2, -0.15) is 0 Å². The Morgan fingerprint density at radius 2 is 2.05 bits per heavy atom. The van der Waals surface area contributed by atoms with Crippen LogP contribution in [0.2, 0.25) is 0 Å². The zero-order valence-corrected chi connectivity index (χ0v) is 14.1. The number of allylic oxidation sites excluding steroid dienone is 2. The molecule has 1 saturated carbocycles. The van der Waals surface area contributed by atoms with Gasteiger partial charge in [-0.1, -0.05) is 46.8 Å². The van der Waals surface area contributed by atoms with Crippen molar-refractivity contribution in [3.8, 4) is 0 Å². The third kappa shape index (κ3) is 5.30. The first-order chi connectivity index (χ1) is 9.42. The molecular weight excluding hydrogens is 246 g/mol. The lowest BCUT2D eigenvalue weighted by Crippen LogP contribution is -2.38. The monoisotopic (exact) mass is 279 g/mol. The lowest BCUT2D eigenvalue weighted by Gasteiger charge is -2.28. The molecule has 0 saturated heterocycles. The van der Waals surface area contributed by atoms with Gasteiger partial charge in [0.1, 0.15) is 0 Å². The van der Waals surface area contributed by atoms with E-state index in [9.17, 15) is 4.79 Å². The highest BCUT2D eigenvalue weighted by Gasteiger charge is 2.50. The molecule has 2 nitrogen and oxygen atoms in total. The Kier molecular flexibility index (Phi) is 6.78. The zero-order chi connectivity index (χ0) is 15.2. The van der Waals surface area contributed by atoms with Gasteiger partial charge in [-0.15, -0.1) is 0 Å². The summed E-state index contributed by atoms with van der Waals surface area (Å²) in [6.07, 6.45) is 10.1. The summed E-state index contributed by atoms with van der Waals surface area (Å²) in [5.74, 6) is 1.68. The van der Waals surface area contributed by atoms with Crippen LogP contribution in [-0.2, 0) is 4.79 Å². The largest absolute Gasteiger partial charge is 0.342 e. The summed E-state index contributed by atoms with van der Waals surface area (Å²) in [5, 5.41) is 0. The smallest absolute Gasteiger partial charge is 0.222 e. The molecule has 0 bridgehead atoms. The fraction of sp³-hybridized carbons (Fsp3) is 0.833. The summed E-state index contributed by atoms with van der Waals surface area (Å²) in [6.45, 7) is 12.8. The van der Waals surface area contributed by atoms with Gasteiger partial charge in [0.15, 0.2) is 0 Å². The van der Waals surface area contributed by atoms with Crippen molar-refractivity contribution in [3.63, 3.8) is 0 Å². The van der Waals surface area contributed by atoms with Crippen LogP contribution in [0.15, 0.2) is 12.2 Å². The molecule has 0 aromatic heterocycles. The van der Waals surface area contributed by atoms with Crippen LogP contribution >= 0.6 is 0 Å². The average Bonchev–Trinajstić information content (AvgIpc) is 3.03. The van der Waals surface area contributed by atoms with Crippen molar-refractivity contribution < 1.29 is 4.79 Å². The van der Waals surface area contributed by atoms with E-state index in [1.54, 1.807) is 0 Å². The molecular formula is C18H33NO.